The minimum Gasteiger partial charge on any atom is -0.399 e. The molecular weight excluding hydrogens is 230 g/mol. The second-order valence-corrected chi connectivity index (χ2v) is 4.50. The molecule has 1 aromatic carbocycles. The van der Waals surface area contributed by atoms with Crippen molar-refractivity contribution in [2.45, 2.75) is 25.7 Å². The van der Waals surface area contributed by atoms with E-state index in [1.807, 2.05) is 12.1 Å². The SMILES string of the molecule is NC(=O)CCN1C(=O)CCCc2cc(N)ccc21. The van der Waals surface area contributed by atoms with Crippen molar-refractivity contribution in [3.63, 3.8) is 0 Å². The second-order valence-electron chi connectivity index (χ2n) is 4.50. The van der Waals surface area contributed by atoms with Gasteiger partial charge >= 0.3 is 0 Å². The van der Waals surface area contributed by atoms with Gasteiger partial charge in [-0.3, -0.25) is 9.59 Å². The molecule has 0 aliphatic carbocycles. The van der Waals surface area contributed by atoms with Crippen LogP contribution < -0.4 is 16.4 Å². The Morgan fingerprint density at radius 3 is 2.83 bits per heavy atom. The van der Waals surface area contributed by atoms with E-state index < -0.39 is 5.91 Å². The molecular formula is C13H17N3O2. The molecule has 2 amide bonds. The molecule has 1 heterocycles. The van der Waals surface area contributed by atoms with Crippen LogP contribution in [0.5, 0.6) is 0 Å². The first kappa shape index (κ1) is 12.4. The maximum atomic E-state index is 12.0. The molecule has 5 nitrogen and oxygen atoms in total. The van der Waals surface area contributed by atoms with Crippen molar-refractivity contribution in [2.24, 2.45) is 5.73 Å². The third kappa shape index (κ3) is 2.61. The summed E-state index contributed by atoms with van der Waals surface area (Å²) in [6, 6.07) is 5.51. The number of nitrogens with two attached hydrogens (primary N) is 2. The molecule has 5 heteroatoms. The van der Waals surface area contributed by atoms with E-state index in [1.165, 1.54) is 0 Å². The topological polar surface area (TPSA) is 89.4 Å². The fraction of sp³-hybridized carbons (Fsp3) is 0.385. The lowest BCUT2D eigenvalue weighted by atomic mass is 10.1. The normalized spacial score (nSPS) is 15.1. The number of rotatable bonds is 3. The van der Waals surface area contributed by atoms with Crippen LogP contribution in [0.2, 0.25) is 0 Å². The highest BCUT2D eigenvalue weighted by Gasteiger charge is 2.22. The molecule has 0 bridgehead atoms. The quantitative estimate of drug-likeness (QED) is 0.775. The molecule has 0 fully saturated rings. The Morgan fingerprint density at radius 2 is 2.11 bits per heavy atom. The first-order valence-corrected chi connectivity index (χ1v) is 6.05. The van der Waals surface area contributed by atoms with Crippen molar-refractivity contribution in [1.82, 2.24) is 0 Å². The van der Waals surface area contributed by atoms with Gasteiger partial charge in [-0.05, 0) is 36.6 Å². The maximum absolute atomic E-state index is 12.0. The van der Waals surface area contributed by atoms with Crippen LogP contribution in [0.4, 0.5) is 11.4 Å². The molecule has 1 aliphatic rings. The number of carbonyl (C=O) groups excluding carboxylic acids is 2. The summed E-state index contributed by atoms with van der Waals surface area (Å²) in [7, 11) is 0. The Bertz CT molecular complexity index is 485. The van der Waals surface area contributed by atoms with Gasteiger partial charge < -0.3 is 16.4 Å². The van der Waals surface area contributed by atoms with E-state index in [1.54, 1.807) is 11.0 Å². The van der Waals surface area contributed by atoms with Crippen LogP contribution in [-0.2, 0) is 16.0 Å². The molecule has 0 aromatic heterocycles. The second kappa shape index (κ2) is 5.08. The Kier molecular flexibility index (Phi) is 3.50. The van der Waals surface area contributed by atoms with Gasteiger partial charge in [-0.15, -0.1) is 0 Å². The van der Waals surface area contributed by atoms with Crippen molar-refractivity contribution in [2.75, 3.05) is 17.2 Å². The average Bonchev–Trinajstić information content (AvgIpc) is 2.45. The predicted molar refractivity (Wildman–Crippen MR) is 70.0 cm³/mol. The number of fused-ring (bicyclic) bond motifs is 1. The summed E-state index contributed by atoms with van der Waals surface area (Å²) < 4.78 is 0. The summed E-state index contributed by atoms with van der Waals surface area (Å²) in [5.74, 6) is -0.358. The molecule has 96 valence electrons. The van der Waals surface area contributed by atoms with Crippen LogP contribution in [0.3, 0.4) is 0 Å². The molecule has 1 aliphatic heterocycles. The number of carbonyl (C=O) groups is 2. The van der Waals surface area contributed by atoms with E-state index in [0.717, 1.165) is 24.1 Å². The molecule has 0 spiro atoms. The van der Waals surface area contributed by atoms with E-state index in [2.05, 4.69) is 0 Å². The van der Waals surface area contributed by atoms with E-state index in [-0.39, 0.29) is 12.3 Å². The summed E-state index contributed by atoms with van der Waals surface area (Å²) in [4.78, 5) is 24.5. The summed E-state index contributed by atoms with van der Waals surface area (Å²) in [5, 5.41) is 0. The fourth-order valence-corrected chi connectivity index (χ4v) is 2.24. The number of nitrogen functional groups attached to an aromatic ring is 1. The molecule has 2 rings (SSSR count). The van der Waals surface area contributed by atoms with Gasteiger partial charge in [-0.25, -0.2) is 0 Å². The first-order valence-electron chi connectivity index (χ1n) is 6.05. The van der Waals surface area contributed by atoms with Crippen LogP contribution in [0.1, 0.15) is 24.8 Å². The fourth-order valence-electron chi connectivity index (χ4n) is 2.24. The van der Waals surface area contributed by atoms with Crippen LogP contribution in [0, 0.1) is 0 Å². The Hall–Kier alpha value is -2.04. The van der Waals surface area contributed by atoms with Gasteiger partial charge in [0.2, 0.25) is 11.8 Å². The number of hydrogen-bond donors (Lipinski definition) is 2. The number of primary amides is 1. The third-order valence-corrected chi connectivity index (χ3v) is 3.11. The number of aryl methyl sites for hydroxylation is 1. The van der Waals surface area contributed by atoms with E-state index >= 15 is 0 Å². The van der Waals surface area contributed by atoms with E-state index in [4.69, 9.17) is 11.5 Å². The van der Waals surface area contributed by atoms with Gasteiger partial charge in [0, 0.05) is 30.8 Å². The highest BCUT2D eigenvalue weighted by atomic mass is 16.2. The largest absolute Gasteiger partial charge is 0.399 e. The summed E-state index contributed by atoms with van der Waals surface area (Å²) in [6.07, 6.45) is 2.31. The number of benzene rings is 1. The van der Waals surface area contributed by atoms with Gasteiger partial charge in [0.1, 0.15) is 0 Å². The standard InChI is InChI=1S/C13H17N3O2/c14-10-4-5-11-9(8-10)2-1-3-13(18)16(11)7-6-12(15)17/h4-5,8H,1-3,6-7,14H2,(H2,15,17). The van der Waals surface area contributed by atoms with Crippen LogP contribution in [0.25, 0.3) is 0 Å². The molecule has 1 aromatic rings. The average molecular weight is 247 g/mol. The van der Waals surface area contributed by atoms with Crippen LogP contribution in [-0.4, -0.2) is 18.4 Å². The highest BCUT2D eigenvalue weighted by Crippen LogP contribution is 2.28. The Morgan fingerprint density at radius 1 is 1.33 bits per heavy atom. The third-order valence-electron chi connectivity index (χ3n) is 3.11. The number of nitrogens with zero attached hydrogens (tertiary/aromatic N) is 1. The summed E-state index contributed by atoms with van der Waals surface area (Å²) in [5.41, 5.74) is 13.5. The highest BCUT2D eigenvalue weighted by molar-refractivity contribution is 5.95. The molecule has 18 heavy (non-hydrogen) atoms. The smallest absolute Gasteiger partial charge is 0.227 e. The lowest BCUT2D eigenvalue weighted by molar-refractivity contribution is -0.119. The van der Waals surface area contributed by atoms with Crippen LogP contribution >= 0.6 is 0 Å². The van der Waals surface area contributed by atoms with Gasteiger partial charge in [-0.1, -0.05) is 0 Å². The molecule has 0 saturated heterocycles. The van der Waals surface area contributed by atoms with Gasteiger partial charge in [0.25, 0.3) is 0 Å². The zero-order chi connectivity index (χ0) is 13.1. The van der Waals surface area contributed by atoms with E-state index in [9.17, 15) is 9.59 Å². The molecule has 0 atom stereocenters. The first-order chi connectivity index (χ1) is 8.58. The van der Waals surface area contributed by atoms with Crippen molar-refractivity contribution >= 4 is 23.2 Å². The van der Waals surface area contributed by atoms with Crippen molar-refractivity contribution < 1.29 is 9.59 Å². The van der Waals surface area contributed by atoms with Gasteiger partial charge in [0.15, 0.2) is 0 Å². The maximum Gasteiger partial charge on any atom is 0.227 e. The Balaban J connectivity index is 2.31. The van der Waals surface area contributed by atoms with E-state index in [0.29, 0.717) is 18.7 Å². The molecule has 0 unspecified atom stereocenters. The molecule has 4 N–H and O–H groups in total. The number of amides is 2. The van der Waals surface area contributed by atoms with Gasteiger partial charge in [0.05, 0.1) is 0 Å². The number of hydrogen-bond acceptors (Lipinski definition) is 3. The predicted octanol–water partition coefficient (Wildman–Crippen LogP) is 0.813. The number of anilines is 2. The van der Waals surface area contributed by atoms with Crippen LogP contribution in [0.15, 0.2) is 18.2 Å². The lowest BCUT2D eigenvalue weighted by Crippen LogP contribution is -2.33. The summed E-state index contributed by atoms with van der Waals surface area (Å²) >= 11 is 0. The molecule has 0 radical (unpaired) electrons. The van der Waals surface area contributed by atoms with Crippen molar-refractivity contribution in [3.8, 4) is 0 Å². The lowest BCUT2D eigenvalue weighted by Gasteiger charge is -2.22. The monoisotopic (exact) mass is 247 g/mol. The Labute approximate surface area is 106 Å². The molecule has 0 saturated carbocycles. The van der Waals surface area contributed by atoms with Crippen molar-refractivity contribution in [3.05, 3.63) is 23.8 Å². The summed E-state index contributed by atoms with van der Waals surface area (Å²) in [6.45, 7) is 0.338. The van der Waals surface area contributed by atoms with Gasteiger partial charge in [-0.2, -0.15) is 0 Å². The zero-order valence-corrected chi connectivity index (χ0v) is 10.2. The minimum absolute atomic E-state index is 0.0415. The van der Waals surface area contributed by atoms with Crippen molar-refractivity contribution in [1.29, 1.82) is 0 Å². The minimum atomic E-state index is -0.399. The zero-order valence-electron chi connectivity index (χ0n) is 10.2.